The first kappa shape index (κ1) is 19.0. The highest BCUT2D eigenvalue weighted by molar-refractivity contribution is 5.92. The maximum absolute atomic E-state index is 12.2. The molecule has 5 heteroatoms. The Morgan fingerprint density at radius 3 is 2.52 bits per heavy atom. The molecule has 25 heavy (non-hydrogen) atoms. The fourth-order valence-electron chi connectivity index (χ4n) is 2.76. The number of benzene rings is 2. The summed E-state index contributed by atoms with van der Waals surface area (Å²) in [6, 6.07) is 19.5. The van der Waals surface area contributed by atoms with Crippen molar-refractivity contribution in [3.05, 3.63) is 72.0 Å². The first-order chi connectivity index (χ1) is 11.6. The van der Waals surface area contributed by atoms with Gasteiger partial charge in [-0.25, -0.2) is 4.79 Å². The fourth-order valence-corrected chi connectivity index (χ4v) is 2.76. The van der Waals surface area contributed by atoms with Gasteiger partial charge in [0.05, 0.1) is 0 Å². The van der Waals surface area contributed by atoms with E-state index in [1.165, 1.54) is 5.56 Å². The molecule has 2 aromatic carbocycles. The van der Waals surface area contributed by atoms with Gasteiger partial charge in [0, 0.05) is 18.5 Å². The van der Waals surface area contributed by atoms with Crippen molar-refractivity contribution in [1.29, 1.82) is 0 Å². The van der Waals surface area contributed by atoms with E-state index in [0.29, 0.717) is 12.1 Å². The maximum Gasteiger partial charge on any atom is 0.374 e. The van der Waals surface area contributed by atoms with Crippen LogP contribution in [0.15, 0.2) is 65.1 Å². The molecule has 0 spiro atoms. The largest absolute Gasteiger partial charge is 0.455 e. The van der Waals surface area contributed by atoms with Crippen LogP contribution in [0.3, 0.4) is 0 Å². The van der Waals surface area contributed by atoms with Crippen molar-refractivity contribution in [3.63, 3.8) is 0 Å². The average molecular weight is 360 g/mol. The van der Waals surface area contributed by atoms with Gasteiger partial charge >= 0.3 is 5.97 Å². The van der Waals surface area contributed by atoms with Crippen LogP contribution in [-0.4, -0.2) is 30.6 Å². The van der Waals surface area contributed by atoms with Crippen LogP contribution < -0.4 is 0 Å². The van der Waals surface area contributed by atoms with Crippen molar-refractivity contribution in [2.45, 2.75) is 19.6 Å². The summed E-state index contributed by atoms with van der Waals surface area (Å²) in [6.45, 7) is 3.36. The minimum Gasteiger partial charge on any atom is -0.455 e. The molecule has 0 amide bonds. The van der Waals surface area contributed by atoms with Gasteiger partial charge in [0.1, 0.15) is 11.7 Å². The average Bonchev–Trinajstić information content (AvgIpc) is 2.99. The number of carbonyl (C=O) groups excluding carboxylic acids is 1. The number of fused-ring (bicyclic) bond motifs is 1. The first-order valence-electron chi connectivity index (χ1n) is 8.04. The predicted octanol–water partition coefficient (Wildman–Crippen LogP) is 4.53. The Hall–Kier alpha value is -2.30. The van der Waals surface area contributed by atoms with Gasteiger partial charge < -0.3 is 9.15 Å². The van der Waals surface area contributed by atoms with Crippen LogP contribution in [0.4, 0.5) is 0 Å². The number of carbonyl (C=O) groups is 1. The van der Waals surface area contributed by atoms with Crippen molar-refractivity contribution in [2.75, 3.05) is 13.6 Å². The Morgan fingerprint density at radius 1 is 1.12 bits per heavy atom. The molecule has 0 bridgehead atoms. The van der Waals surface area contributed by atoms with Gasteiger partial charge in [-0.3, -0.25) is 4.90 Å². The van der Waals surface area contributed by atoms with Crippen molar-refractivity contribution in [3.8, 4) is 0 Å². The minimum absolute atomic E-state index is 0. The zero-order chi connectivity index (χ0) is 16.9. The van der Waals surface area contributed by atoms with Gasteiger partial charge in [0.25, 0.3) is 0 Å². The summed E-state index contributed by atoms with van der Waals surface area (Å²) in [7, 11) is 2.01. The molecular weight excluding hydrogens is 338 g/mol. The predicted molar refractivity (Wildman–Crippen MR) is 101 cm³/mol. The first-order valence-corrected chi connectivity index (χ1v) is 8.04. The zero-order valence-corrected chi connectivity index (χ0v) is 15.2. The third-order valence-electron chi connectivity index (χ3n) is 3.80. The van der Waals surface area contributed by atoms with E-state index < -0.39 is 5.97 Å². The second kappa shape index (κ2) is 8.70. The van der Waals surface area contributed by atoms with Crippen LogP contribution in [0.1, 0.15) is 23.0 Å². The molecule has 0 aliphatic carbocycles. The number of para-hydroxylation sites is 1. The van der Waals surface area contributed by atoms with Gasteiger partial charge in [-0.1, -0.05) is 48.5 Å². The smallest absolute Gasteiger partial charge is 0.374 e. The van der Waals surface area contributed by atoms with Gasteiger partial charge in [-0.2, -0.15) is 0 Å². The molecule has 4 nitrogen and oxygen atoms in total. The van der Waals surface area contributed by atoms with Gasteiger partial charge in [-0.05, 0) is 31.7 Å². The van der Waals surface area contributed by atoms with Crippen LogP contribution in [0, 0.1) is 0 Å². The second-order valence-electron chi connectivity index (χ2n) is 6.05. The number of hydrogen-bond donors (Lipinski definition) is 0. The zero-order valence-electron chi connectivity index (χ0n) is 14.3. The summed E-state index contributed by atoms with van der Waals surface area (Å²) in [5.74, 6) is -0.180. The molecular formula is C20H22ClNO3. The molecule has 1 unspecified atom stereocenters. The number of rotatable bonds is 6. The Morgan fingerprint density at radius 2 is 1.80 bits per heavy atom. The molecule has 132 valence electrons. The quantitative estimate of drug-likeness (QED) is 0.606. The highest BCUT2D eigenvalue weighted by Gasteiger charge is 2.17. The van der Waals surface area contributed by atoms with Crippen LogP contribution in [0.5, 0.6) is 0 Å². The lowest BCUT2D eigenvalue weighted by Crippen LogP contribution is -2.30. The molecule has 0 radical (unpaired) electrons. The summed E-state index contributed by atoms with van der Waals surface area (Å²) >= 11 is 0. The molecule has 3 rings (SSSR count). The number of halogens is 1. The number of furan rings is 1. The summed E-state index contributed by atoms with van der Waals surface area (Å²) < 4.78 is 11.0. The molecule has 1 aromatic heterocycles. The maximum atomic E-state index is 12.2. The molecule has 1 atom stereocenters. The van der Waals surface area contributed by atoms with E-state index in [9.17, 15) is 4.79 Å². The van der Waals surface area contributed by atoms with Gasteiger partial charge in [-0.15, -0.1) is 12.4 Å². The van der Waals surface area contributed by atoms with E-state index in [1.807, 2.05) is 56.4 Å². The van der Waals surface area contributed by atoms with Crippen molar-refractivity contribution in [2.24, 2.45) is 0 Å². The monoisotopic (exact) mass is 359 g/mol. The lowest BCUT2D eigenvalue weighted by atomic mass is 10.2. The number of ether oxygens (including phenoxy) is 1. The number of likely N-dealkylation sites (N-methyl/N-ethyl adjacent to an activating group) is 1. The topological polar surface area (TPSA) is 42.7 Å². The van der Waals surface area contributed by atoms with Crippen LogP contribution in [-0.2, 0) is 11.3 Å². The van der Waals surface area contributed by atoms with Crippen LogP contribution in [0.2, 0.25) is 0 Å². The summed E-state index contributed by atoms with van der Waals surface area (Å²) in [5, 5.41) is 0.901. The summed E-state index contributed by atoms with van der Waals surface area (Å²) in [6.07, 6.45) is -0.223. The van der Waals surface area contributed by atoms with Crippen LogP contribution >= 0.6 is 12.4 Å². The summed E-state index contributed by atoms with van der Waals surface area (Å²) in [5.41, 5.74) is 1.93. The van der Waals surface area contributed by atoms with E-state index in [4.69, 9.17) is 9.15 Å². The third kappa shape index (κ3) is 5.08. The summed E-state index contributed by atoms with van der Waals surface area (Å²) in [4.78, 5) is 14.4. The lowest BCUT2D eigenvalue weighted by molar-refractivity contribution is 0.0236. The fraction of sp³-hybridized carbons (Fsp3) is 0.250. The standard InChI is InChI=1S/C20H21NO3.ClH/c1-15(13-21(2)14-16-8-4-3-5-9-16)23-20(22)19-12-17-10-6-7-11-18(17)24-19;/h3-12,15H,13-14H2,1-2H3;1H. The molecule has 0 saturated carbocycles. The Labute approximate surface area is 153 Å². The van der Waals surface area contributed by atoms with Crippen LogP contribution in [0.25, 0.3) is 11.0 Å². The lowest BCUT2D eigenvalue weighted by Gasteiger charge is -2.21. The van der Waals surface area contributed by atoms with E-state index in [2.05, 4.69) is 17.0 Å². The molecule has 0 fully saturated rings. The SMILES string of the molecule is CC(CN(C)Cc1ccccc1)OC(=O)c1cc2ccccc2o1.Cl. The van der Waals surface area contributed by atoms with E-state index in [-0.39, 0.29) is 24.3 Å². The minimum atomic E-state index is -0.424. The Bertz CT molecular complexity index is 783. The Balaban J connectivity index is 0.00000225. The van der Waals surface area contributed by atoms with Crippen molar-refractivity contribution < 1.29 is 13.9 Å². The molecule has 0 aliphatic heterocycles. The number of hydrogen-bond acceptors (Lipinski definition) is 4. The number of esters is 1. The van der Waals surface area contributed by atoms with E-state index >= 15 is 0 Å². The molecule has 0 saturated heterocycles. The van der Waals surface area contributed by atoms with Gasteiger partial charge in [0.15, 0.2) is 0 Å². The Kier molecular flexibility index (Phi) is 6.62. The molecule has 0 N–H and O–H groups in total. The highest BCUT2D eigenvalue weighted by Crippen LogP contribution is 2.19. The van der Waals surface area contributed by atoms with Gasteiger partial charge in [0.2, 0.25) is 5.76 Å². The normalized spacial score (nSPS) is 12.0. The second-order valence-corrected chi connectivity index (χ2v) is 6.05. The molecule has 3 aromatic rings. The highest BCUT2D eigenvalue weighted by atomic mass is 35.5. The van der Waals surface area contributed by atoms with E-state index in [0.717, 1.165) is 11.9 Å². The molecule has 0 aliphatic rings. The van der Waals surface area contributed by atoms with Crippen molar-refractivity contribution in [1.82, 2.24) is 4.90 Å². The van der Waals surface area contributed by atoms with E-state index in [1.54, 1.807) is 6.07 Å². The third-order valence-corrected chi connectivity index (χ3v) is 3.80. The number of nitrogens with zero attached hydrogens (tertiary/aromatic N) is 1. The molecule has 1 heterocycles. The van der Waals surface area contributed by atoms with Crippen molar-refractivity contribution >= 4 is 29.3 Å².